The summed E-state index contributed by atoms with van der Waals surface area (Å²) >= 11 is 6.23. The molecule has 2 N–H and O–H groups in total. The summed E-state index contributed by atoms with van der Waals surface area (Å²) in [7, 11) is 0. The smallest absolute Gasteiger partial charge is 0.223 e. The fourth-order valence-corrected chi connectivity index (χ4v) is 2.15. The molecule has 1 aliphatic carbocycles. The molecule has 1 aromatic carbocycles. The van der Waals surface area contributed by atoms with Crippen molar-refractivity contribution in [3.05, 3.63) is 28.8 Å². The van der Waals surface area contributed by atoms with Gasteiger partial charge in [0.15, 0.2) is 0 Å². The number of hydrogen-bond acceptors (Lipinski definition) is 3. The maximum absolute atomic E-state index is 11.4. The molecular formula is C15H21ClN2O2. The zero-order valence-corrected chi connectivity index (χ0v) is 12.5. The van der Waals surface area contributed by atoms with E-state index in [-0.39, 0.29) is 5.91 Å². The van der Waals surface area contributed by atoms with Crippen LogP contribution in [0, 0.1) is 0 Å². The summed E-state index contributed by atoms with van der Waals surface area (Å²) in [6, 6.07) is 6.24. The van der Waals surface area contributed by atoms with Gasteiger partial charge in [0.05, 0.1) is 13.0 Å². The lowest BCUT2D eigenvalue weighted by Crippen LogP contribution is -2.24. The average Bonchev–Trinajstić information content (AvgIpc) is 3.22. The van der Waals surface area contributed by atoms with Crippen LogP contribution in [0.25, 0.3) is 0 Å². The molecule has 1 fully saturated rings. The molecule has 5 heteroatoms. The number of carbonyl (C=O) groups excluding carboxylic acids is 1. The molecule has 110 valence electrons. The van der Waals surface area contributed by atoms with Gasteiger partial charge in [-0.05, 0) is 31.9 Å². The summed E-state index contributed by atoms with van der Waals surface area (Å²) in [6.45, 7) is 3.62. The summed E-state index contributed by atoms with van der Waals surface area (Å²) < 4.78 is 5.70. The standard InChI is InChI=1S/C15H21ClN2O2/c1-2-17-15(19)8-9-20-14-5-3-4-13(16)12(14)10-18-11-6-7-11/h3-5,11,18H,2,6-10H2,1H3,(H,17,19). The monoisotopic (exact) mass is 296 g/mol. The van der Waals surface area contributed by atoms with Crippen LogP contribution >= 0.6 is 11.6 Å². The Morgan fingerprint density at radius 2 is 2.25 bits per heavy atom. The molecule has 1 amide bonds. The Morgan fingerprint density at radius 1 is 1.45 bits per heavy atom. The van der Waals surface area contributed by atoms with E-state index in [2.05, 4.69) is 10.6 Å². The van der Waals surface area contributed by atoms with Crippen molar-refractivity contribution < 1.29 is 9.53 Å². The van der Waals surface area contributed by atoms with Crippen LogP contribution in [-0.2, 0) is 11.3 Å². The predicted molar refractivity (Wildman–Crippen MR) is 80.1 cm³/mol. The topological polar surface area (TPSA) is 50.4 Å². The predicted octanol–water partition coefficient (Wildman–Crippen LogP) is 2.50. The third-order valence-corrected chi connectivity index (χ3v) is 3.54. The maximum atomic E-state index is 11.4. The van der Waals surface area contributed by atoms with E-state index in [0.29, 0.717) is 37.2 Å². The largest absolute Gasteiger partial charge is 0.493 e. The minimum atomic E-state index is 0.00665. The Balaban J connectivity index is 1.88. The summed E-state index contributed by atoms with van der Waals surface area (Å²) in [6.07, 6.45) is 2.82. The summed E-state index contributed by atoms with van der Waals surface area (Å²) in [5.74, 6) is 0.766. The van der Waals surface area contributed by atoms with Gasteiger partial charge >= 0.3 is 0 Å². The fourth-order valence-electron chi connectivity index (χ4n) is 1.92. The number of ether oxygens (including phenoxy) is 1. The SMILES string of the molecule is CCNC(=O)CCOc1cccc(Cl)c1CNC1CC1. The van der Waals surface area contributed by atoms with E-state index in [9.17, 15) is 4.79 Å². The molecule has 1 aliphatic rings. The molecule has 0 aromatic heterocycles. The van der Waals surface area contributed by atoms with Gasteiger partial charge in [-0.15, -0.1) is 0 Å². The number of amides is 1. The first-order valence-electron chi connectivity index (χ1n) is 7.11. The van der Waals surface area contributed by atoms with Crippen molar-refractivity contribution in [1.82, 2.24) is 10.6 Å². The lowest BCUT2D eigenvalue weighted by atomic mass is 10.2. The number of nitrogens with one attached hydrogen (secondary N) is 2. The lowest BCUT2D eigenvalue weighted by Gasteiger charge is -2.13. The fraction of sp³-hybridized carbons (Fsp3) is 0.533. The van der Waals surface area contributed by atoms with Crippen LogP contribution in [0.5, 0.6) is 5.75 Å². The van der Waals surface area contributed by atoms with Crippen molar-refractivity contribution in [2.75, 3.05) is 13.2 Å². The van der Waals surface area contributed by atoms with Gasteiger partial charge in [0.1, 0.15) is 5.75 Å². The molecule has 0 unspecified atom stereocenters. The van der Waals surface area contributed by atoms with E-state index < -0.39 is 0 Å². The number of benzene rings is 1. The van der Waals surface area contributed by atoms with E-state index in [1.54, 1.807) is 0 Å². The number of carbonyl (C=O) groups is 1. The first-order valence-corrected chi connectivity index (χ1v) is 7.48. The molecule has 0 radical (unpaired) electrons. The van der Waals surface area contributed by atoms with Gasteiger partial charge in [-0.1, -0.05) is 17.7 Å². The third kappa shape index (κ3) is 4.69. The second-order valence-electron chi connectivity index (χ2n) is 4.92. The molecule has 20 heavy (non-hydrogen) atoms. The van der Waals surface area contributed by atoms with Crippen LogP contribution in [0.2, 0.25) is 5.02 Å². The molecule has 0 aliphatic heterocycles. The Hall–Kier alpha value is -1.26. The molecule has 2 rings (SSSR count). The normalized spacial score (nSPS) is 14.1. The Kier molecular flexibility index (Phi) is 5.68. The van der Waals surface area contributed by atoms with Gasteiger partial charge in [0.2, 0.25) is 5.91 Å². The average molecular weight is 297 g/mol. The molecule has 0 saturated heterocycles. The van der Waals surface area contributed by atoms with Gasteiger partial charge in [0, 0.05) is 29.7 Å². The molecule has 0 bridgehead atoms. The quantitative estimate of drug-likeness (QED) is 0.775. The summed E-state index contributed by atoms with van der Waals surface area (Å²) in [5.41, 5.74) is 0.969. The maximum Gasteiger partial charge on any atom is 0.223 e. The van der Waals surface area contributed by atoms with Crippen molar-refractivity contribution >= 4 is 17.5 Å². The molecule has 4 nitrogen and oxygen atoms in total. The molecular weight excluding hydrogens is 276 g/mol. The summed E-state index contributed by atoms with van der Waals surface area (Å²) in [4.78, 5) is 11.4. The Bertz CT molecular complexity index is 461. The first kappa shape index (κ1) is 15.1. The van der Waals surface area contributed by atoms with E-state index in [1.165, 1.54) is 12.8 Å². The van der Waals surface area contributed by atoms with Crippen molar-refractivity contribution in [3.63, 3.8) is 0 Å². The minimum Gasteiger partial charge on any atom is -0.493 e. The molecule has 0 heterocycles. The molecule has 1 saturated carbocycles. The van der Waals surface area contributed by atoms with Crippen LogP contribution in [-0.4, -0.2) is 25.1 Å². The zero-order valence-electron chi connectivity index (χ0n) is 11.7. The number of rotatable bonds is 8. The van der Waals surface area contributed by atoms with Crippen LogP contribution < -0.4 is 15.4 Å². The van der Waals surface area contributed by atoms with Gasteiger partial charge in [-0.25, -0.2) is 0 Å². The molecule has 0 spiro atoms. The van der Waals surface area contributed by atoms with Crippen LogP contribution in [0.3, 0.4) is 0 Å². The van der Waals surface area contributed by atoms with Crippen molar-refractivity contribution in [3.8, 4) is 5.75 Å². The number of hydrogen-bond donors (Lipinski definition) is 2. The van der Waals surface area contributed by atoms with Crippen molar-refractivity contribution in [2.24, 2.45) is 0 Å². The minimum absolute atomic E-state index is 0.00665. The highest BCUT2D eigenvalue weighted by Crippen LogP contribution is 2.28. The zero-order chi connectivity index (χ0) is 14.4. The van der Waals surface area contributed by atoms with E-state index >= 15 is 0 Å². The van der Waals surface area contributed by atoms with E-state index in [0.717, 1.165) is 11.3 Å². The van der Waals surface area contributed by atoms with E-state index in [1.807, 2.05) is 25.1 Å². The Labute approximate surface area is 124 Å². The van der Waals surface area contributed by atoms with Crippen molar-refractivity contribution in [1.29, 1.82) is 0 Å². The van der Waals surface area contributed by atoms with Crippen LogP contribution in [0.15, 0.2) is 18.2 Å². The van der Waals surface area contributed by atoms with Crippen LogP contribution in [0.4, 0.5) is 0 Å². The van der Waals surface area contributed by atoms with E-state index in [4.69, 9.17) is 16.3 Å². The van der Waals surface area contributed by atoms with Gasteiger partial charge in [0.25, 0.3) is 0 Å². The Morgan fingerprint density at radius 3 is 2.95 bits per heavy atom. The highest BCUT2D eigenvalue weighted by molar-refractivity contribution is 6.31. The lowest BCUT2D eigenvalue weighted by molar-refractivity contribution is -0.121. The van der Waals surface area contributed by atoms with Gasteiger partial charge in [-0.2, -0.15) is 0 Å². The first-order chi connectivity index (χ1) is 9.70. The molecule has 0 atom stereocenters. The number of halogens is 1. The second kappa shape index (κ2) is 7.50. The summed E-state index contributed by atoms with van der Waals surface area (Å²) in [5, 5.41) is 6.88. The molecule has 1 aromatic rings. The van der Waals surface area contributed by atoms with Crippen LogP contribution in [0.1, 0.15) is 31.7 Å². The third-order valence-electron chi connectivity index (χ3n) is 3.18. The second-order valence-corrected chi connectivity index (χ2v) is 5.33. The highest BCUT2D eigenvalue weighted by atomic mass is 35.5. The highest BCUT2D eigenvalue weighted by Gasteiger charge is 2.21. The van der Waals surface area contributed by atoms with Crippen molar-refractivity contribution in [2.45, 2.75) is 38.8 Å². The van der Waals surface area contributed by atoms with Gasteiger partial charge < -0.3 is 15.4 Å². The van der Waals surface area contributed by atoms with Gasteiger partial charge in [-0.3, -0.25) is 4.79 Å².